The van der Waals surface area contributed by atoms with Crippen molar-refractivity contribution in [2.24, 2.45) is 0 Å². The highest BCUT2D eigenvalue weighted by atomic mass is 32.1. The highest BCUT2D eigenvalue weighted by Gasteiger charge is 2.24. The smallest absolute Gasteiger partial charge is 0.225 e. The normalized spacial score (nSPS) is 19.1. The molecule has 37 heavy (non-hydrogen) atoms. The molecule has 0 bridgehead atoms. The van der Waals surface area contributed by atoms with Crippen LogP contribution in [0.4, 0.5) is 23.1 Å². The number of nitrogens with zero attached hydrogens (tertiary/aromatic N) is 4. The Morgan fingerprint density at radius 2 is 1.54 bits per heavy atom. The maximum absolute atomic E-state index is 5.72. The van der Waals surface area contributed by atoms with Crippen LogP contribution in [-0.2, 0) is 12.8 Å². The highest BCUT2D eigenvalue weighted by molar-refractivity contribution is 7.80. The maximum atomic E-state index is 5.72. The Hall–Kier alpha value is -3.13. The van der Waals surface area contributed by atoms with Gasteiger partial charge in [0.15, 0.2) is 5.11 Å². The van der Waals surface area contributed by atoms with Gasteiger partial charge < -0.3 is 25.8 Å². The molecule has 196 valence electrons. The zero-order valence-corrected chi connectivity index (χ0v) is 23.3. The number of hydrogen-bond acceptors (Lipinski definition) is 6. The van der Waals surface area contributed by atoms with Gasteiger partial charge in [-0.15, -0.1) is 0 Å². The number of fused-ring (bicyclic) bond motifs is 2. The van der Waals surface area contributed by atoms with Crippen molar-refractivity contribution < 1.29 is 0 Å². The maximum Gasteiger partial charge on any atom is 0.225 e. The summed E-state index contributed by atoms with van der Waals surface area (Å²) in [4.78, 5) is 14.1. The number of thiocarbonyl (C=S) groups is 1. The van der Waals surface area contributed by atoms with Gasteiger partial charge in [-0.1, -0.05) is 24.3 Å². The van der Waals surface area contributed by atoms with Crippen molar-refractivity contribution in [2.75, 3.05) is 48.6 Å². The summed E-state index contributed by atoms with van der Waals surface area (Å²) >= 11 is 5.72. The van der Waals surface area contributed by atoms with Gasteiger partial charge in [0, 0.05) is 68.0 Å². The van der Waals surface area contributed by atoms with Crippen molar-refractivity contribution in [2.45, 2.75) is 63.5 Å². The third-order valence-corrected chi connectivity index (χ3v) is 7.83. The Balaban J connectivity index is 1.18. The number of aryl methyl sites for hydroxylation is 1. The average Bonchev–Trinajstić information content (AvgIpc) is 2.89. The van der Waals surface area contributed by atoms with Gasteiger partial charge in [0.1, 0.15) is 5.82 Å². The lowest BCUT2D eigenvalue weighted by molar-refractivity contribution is 0.387. The Bertz CT molecular complexity index is 1260. The predicted molar refractivity (Wildman–Crippen MR) is 160 cm³/mol. The van der Waals surface area contributed by atoms with E-state index >= 15 is 0 Å². The molecule has 0 amide bonds. The number of aromatic nitrogens is 2. The van der Waals surface area contributed by atoms with Crippen molar-refractivity contribution in [1.29, 1.82) is 0 Å². The van der Waals surface area contributed by atoms with Gasteiger partial charge in [0.25, 0.3) is 0 Å². The third-order valence-electron chi connectivity index (χ3n) is 7.61. The van der Waals surface area contributed by atoms with Gasteiger partial charge >= 0.3 is 0 Å². The van der Waals surface area contributed by atoms with Crippen LogP contribution < -0.4 is 25.8 Å². The Morgan fingerprint density at radius 3 is 2.27 bits per heavy atom. The number of nitrogens with one attached hydrogen (secondary N) is 3. The monoisotopic (exact) mass is 517 g/mol. The van der Waals surface area contributed by atoms with Crippen LogP contribution >= 0.6 is 12.2 Å². The average molecular weight is 518 g/mol. The quantitative estimate of drug-likeness (QED) is 0.378. The first-order valence-corrected chi connectivity index (χ1v) is 13.9. The molecule has 2 aliphatic carbocycles. The van der Waals surface area contributed by atoms with E-state index in [2.05, 4.69) is 90.3 Å². The first kappa shape index (κ1) is 25.5. The van der Waals surface area contributed by atoms with E-state index in [1.807, 2.05) is 0 Å². The van der Waals surface area contributed by atoms with Crippen LogP contribution in [0, 0.1) is 0 Å². The van der Waals surface area contributed by atoms with Gasteiger partial charge in [0.2, 0.25) is 5.95 Å². The van der Waals surface area contributed by atoms with Crippen LogP contribution in [0.25, 0.3) is 10.8 Å². The summed E-state index contributed by atoms with van der Waals surface area (Å²) in [5.74, 6) is 1.86. The Kier molecular flexibility index (Phi) is 7.65. The molecule has 1 saturated carbocycles. The molecular formula is C29H39N7S. The lowest BCUT2D eigenvalue weighted by Gasteiger charge is -2.31. The summed E-state index contributed by atoms with van der Waals surface area (Å²) in [6.45, 7) is 0. The molecular weight excluding hydrogens is 478 g/mol. The fourth-order valence-corrected chi connectivity index (χ4v) is 5.98. The Morgan fingerprint density at radius 1 is 0.838 bits per heavy atom. The molecule has 0 unspecified atom stereocenters. The van der Waals surface area contributed by atoms with E-state index < -0.39 is 0 Å². The second-order valence-corrected chi connectivity index (χ2v) is 11.2. The van der Waals surface area contributed by atoms with E-state index in [1.165, 1.54) is 40.6 Å². The molecule has 1 aromatic heterocycles. The molecule has 1 heterocycles. The molecule has 0 saturated heterocycles. The van der Waals surface area contributed by atoms with Crippen molar-refractivity contribution in [3.05, 3.63) is 47.7 Å². The minimum absolute atomic E-state index is 0.368. The largest absolute Gasteiger partial charge is 0.377 e. The SMILES string of the molecule is CN(C)c1nc(NC2CCC(NC(=S)Nc3ccc(N(C)C)c4ccccc34)CC2)nc2c1CCCC2. The zero-order chi connectivity index (χ0) is 25.9. The number of benzene rings is 2. The van der Waals surface area contributed by atoms with E-state index in [9.17, 15) is 0 Å². The van der Waals surface area contributed by atoms with E-state index in [0.29, 0.717) is 17.2 Å². The third kappa shape index (κ3) is 5.74. The predicted octanol–water partition coefficient (Wildman–Crippen LogP) is 5.35. The second-order valence-electron chi connectivity index (χ2n) is 10.8. The molecule has 0 aliphatic heterocycles. The first-order valence-electron chi connectivity index (χ1n) is 13.5. The summed E-state index contributed by atoms with van der Waals surface area (Å²) in [6.07, 6.45) is 8.85. The first-order chi connectivity index (χ1) is 17.9. The summed E-state index contributed by atoms with van der Waals surface area (Å²) < 4.78 is 0. The minimum Gasteiger partial charge on any atom is -0.377 e. The van der Waals surface area contributed by atoms with Gasteiger partial charge in [-0.25, -0.2) is 4.98 Å². The van der Waals surface area contributed by atoms with Crippen LogP contribution in [0.15, 0.2) is 36.4 Å². The van der Waals surface area contributed by atoms with E-state index in [-0.39, 0.29) is 0 Å². The fourth-order valence-electron chi connectivity index (χ4n) is 5.70. The van der Waals surface area contributed by atoms with Crippen LogP contribution in [-0.4, -0.2) is 55.4 Å². The molecule has 0 atom stereocenters. The molecule has 5 rings (SSSR count). The van der Waals surface area contributed by atoms with Crippen LogP contribution in [0.5, 0.6) is 0 Å². The molecule has 3 N–H and O–H groups in total. The molecule has 8 heteroatoms. The van der Waals surface area contributed by atoms with E-state index in [1.54, 1.807) is 0 Å². The summed E-state index contributed by atoms with van der Waals surface area (Å²) in [7, 11) is 8.30. The topological polar surface area (TPSA) is 68.4 Å². The summed E-state index contributed by atoms with van der Waals surface area (Å²) in [6, 6.07) is 13.5. The second kappa shape index (κ2) is 11.1. The summed E-state index contributed by atoms with van der Waals surface area (Å²) in [5, 5.41) is 13.7. The zero-order valence-electron chi connectivity index (χ0n) is 22.5. The van der Waals surface area contributed by atoms with E-state index in [4.69, 9.17) is 22.2 Å². The molecule has 2 aliphatic rings. The van der Waals surface area contributed by atoms with Crippen molar-refractivity contribution in [1.82, 2.24) is 15.3 Å². The minimum atomic E-state index is 0.368. The van der Waals surface area contributed by atoms with Gasteiger partial charge in [-0.3, -0.25) is 0 Å². The lowest BCUT2D eigenvalue weighted by Crippen LogP contribution is -2.42. The van der Waals surface area contributed by atoms with Crippen LogP contribution in [0.3, 0.4) is 0 Å². The lowest BCUT2D eigenvalue weighted by atomic mass is 9.91. The standard InChI is InChI=1S/C29H39N7S/c1-35(2)26-18-17-25(21-9-5-6-10-22(21)26)33-29(37)31-20-15-13-19(14-16-20)30-28-32-24-12-8-7-11-23(24)27(34-28)36(3)4/h5-6,9-10,17-20H,7-8,11-16H2,1-4H3,(H,30,32,34)(H2,31,33,37). The highest BCUT2D eigenvalue weighted by Crippen LogP contribution is 2.32. The van der Waals surface area contributed by atoms with Crippen LogP contribution in [0.2, 0.25) is 0 Å². The molecule has 3 aromatic rings. The molecule has 1 fully saturated rings. The Labute approximate surface area is 226 Å². The number of rotatable bonds is 6. The van der Waals surface area contributed by atoms with Crippen molar-refractivity contribution >= 4 is 51.2 Å². The molecule has 0 radical (unpaired) electrons. The number of anilines is 4. The fraction of sp³-hybridized carbons (Fsp3) is 0.483. The van der Waals surface area contributed by atoms with Gasteiger partial charge in [-0.05, 0) is 75.7 Å². The summed E-state index contributed by atoms with van der Waals surface area (Å²) in [5.41, 5.74) is 4.80. The molecule has 0 spiro atoms. The van der Waals surface area contributed by atoms with Gasteiger partial charge in [0.05, 0.1) is 5.69 Å². The van der Waals surface area contributed by atoms with Gasteiger partial charge in [-0.2, -0.15) is 4.98 Å². The number of hydrogen-bond donors (Lipinski definition) is 3. The van der Waals surface area contributed by atoms with Crippen LogP contribution in [0.1, 0.15) is 49.8 Å². The molecule has 7 nitrogen and oxygen atoms in total. The van der Waals surface area contributed by atoms with Crippen molar-refractivity contribution in [3.8, 4) is 0 Å². The van der Waals surface area contributed by atoms with E-state index in [0.717, 1.165) is 56.0 Å². The van der Waals surface area contributed by atoms with Crippen molar-refractivity contribution in [3.63, 3.8) is 0 Å². The molecule has 2 aromatic carbocycles.